The van der Waals surface area contributed by atoms with Crippen molar-refractivity contribution < 1.29 is 49.0 Å². The molecule has 0 amide bonds. The Bertz CT molecular complexity index is 1510. The molecule has 0 fully saturated rings. The molecule has 0 saturated carbocycles. The van der Waals surface area contributed by atoms with Gasteiger partial charge in [0.05, 0.1) is 10.4 Å². The van der Waals surface area contributed by atoms with E-state index >= 15 is 0 Å². The molecule has 0 atom stereocenters. The van der Waals surface area contributed by atoms with Crippen LogP contribution in [0.1, 0.15) is 10.4 Å². The standard InChI is InChI=1S/C22H10F9NO3S2/c23-20(24,25)14-4-2-1-3-11(14)13-8-17(33)35-15-7-10(5-6-12(13)15)36-18-32-9-16(37-18)19(34,21(26,27)28)22(29,30)31/h1-9,34H. The van der Waals surface area contributed by atoms with Crippen molar-refractivity contribution in [2.45, 2.75) is 33.4 Å². The van der Waals surface area contributed by atoms with Crippen LogP contribution in [0.5, 0.6) is 0 Å². The number of nitrogens with zero attached hydrogens (tertiary/aromatic N) is 1. The summed E-state index contributed by atoms with van der Waals surface area (Å²) < 4.78 is 124. The highest BCUT2D eigenvalue weighted by Gasteiger charge is 2.72. The van der Waals surface area contributed by atoms with Crippen molar-refractivity contribution >= 4 is 34.1 Å². The number of halogens is 9. The first-order valence-corrected chi connectivity index (χ1v) is 11.4. The van der Waals surface area contributed by atoms with E-state index in [9.17, 15) is 49.4 Å². The molecule has 0 bridgehead atoms. The molecule has 0 radical (unpaired) electrons. The van der Waals surface area contributed by atoms with E-state index in [2.05, 4.69) is 4.98 Å². The number of aromatic nitrogens is 1. The van der Waals surface area contributed by atoms with Crippen molar-refractivity contribution in [1.82, 2.24) is 4.98 Å². The number of hydrogen-bond donors (Lipinski definition) is 1. The van der Waals surface area contributed by atoms with E-state index in [1.807, 2.05) is 0 Å². The molecule has 0 aliphatic rings. The highest BCUT2D eigenvalue weighted by atomic mass is 32.2. The Morgan fingerprint density at radius 3 is 2.14 bits per heavy atom. The summed E-state index contributed by atoms with van der Waals surface area (Å²) in [6.07, 6.45) is -16.6. The second kappa shape index (κ2) is 9.06. The number of rotatable bonds is 4. The quantitative estimate of drug-likeness (QED) is 0.204. The first-order chi connectivity index (χ1) is 17.0. The molecule has 15 heteroatoms. The normalized spacial score (nSPS) is 13.4. The summed E-state index contributed by atoms with van der Waals surface area (Å²) in [6.45, 7) is 0. The molecule has 196 valence electrons. The Balaban J connectivity index is 1.75. The molecule has 0 unspecified atom stereocenters. The Hall–Kier alpha value is -3.04. The van der Waals surface area contributed by atoms with Gasteiger partial charge in [0.1, 0.15) is 5.58 Å². The van der Waals surface area contributed by atoms with Crippen molar-refractivity contribution in [1.29, 1.82) is 0 Å². The number of fused-ring (bicyclic) bond motifs is 1. The van der Waals surface area contributed by atoms with E-state index in [0.29, 0.717) is 11.8 Å². The average molecular weight is 571 g/mol. The zero-order valence-corrected chi connectivity index (χ0v) is 19.3. The van der Waals surface area contributed by atoms with Gasteiger partial charge in [-0.05, 0) is 29.8 Å². The van der Waals surface area contributed by atoms with Crippen LogP contribution in [0.3, 0.4) is 0 Å². The fraction of sp³-hybridized carbons (Fsp3) is 0.182. The number of thiazole rings is 1. The van der Waals surface area contributed by atoms with Gasteiger partial charge in [-0.1, -0.05) is 30.0 Å². The predicted molar refractivity (Wildman–Crippen MR) is 115 cm³/mol. The highest BCUT2D eigenvalue weighted by molar-refractivity contribution is 8.01. The molecule has 4 nitrogen and oxygen atoms in total. The predicted octanol–water partition coefficient (Wildman–Crippen LogP) is 7.40. The lowest BCUT2D eigenvalue weighted by molar-refractivity contribution is -0.375. The molecule has 2 aromatic carbocycles. The van der Waals surface area contributed by atoms with Gasteiger partial charge in [0, 0.05) is 28.1 Å². The summed E-state index contributed by atoms with van der Waals surface area (Å²) in [6, 6.07) is 9.19. The molecule has 4 rings (SSSR count). The van der Waals surface area contributed by atoms with Crippen molar-refractivity contribution in [3.05, 3.63) is 75.6 Å². The summed E-state index contributed by atoms with van der Waals surface area (Å²) in [7, 11) is 0. The highest BCUT2D eigenvalue weighted by Crippen LogP contribution is 2.52. The van der Waals surface area contributed by atoms with E-state index in [4.69, 9.17) is 4.42 Å². The Morgan fingerprint density at radius 1 is 0.865 bits per heavy atom. The summed E-state index contributed by atoms with van der Waals surface area (Å²) in [4.78, 5) is 14.2. The molecule has 0 spiro atoms. The van der Waals surface area contributed by atoms with Crippen LogP contribution in [0, 0.1) is 0 Å². The van der Waals surface area contributed by atoms with Gasteiger partial charge in [0.2, 0.25) is 0 Å². The summed E-state index contributed by atoms with van der Waals surface area (Å²) >= 11 is 0.541. The number of aliphatic hydroxyl groups is 1. The van der Waals surface area contributed by atoms with Crippen molar-refractivity contribution in [2.24, 2.45) is 0 Å². The lowest BCUT2D eigenvalue weighted by atomic mass is 9.97. The van der Waals surface area contributed by atoms with Crippen LogP contribution in [-0.2, 0) is 11.8 Å². The molecular weight excluding hydrogens is 561 g/mol. The molecule has 2 aromatic heterocycles. The van der Waals surface area contributed by atoms with Gasteiger partial charge in [0.25, 0.3) is 5.60 Å². The van der Waals surface area contributed by atoms with E-state index in [0.717, 1.165) is 12.1 Å². The Labute approximate surface area is 208 Å². The zero-order valence-electron chi connectivity index (χ0n) is 17.6. The zero-order chi connectivity index (χ0) is 27.4. The van der Waals surface area contributed by atoms with Gasteiger partial charge in [-0.25, -0.2) is 9.78 Å². The summed E-state index contributed by atoms with van der Waals surface area (Å²) in [5, 5.41) is 9.61. The van der Waals surface area contributed by atoms with Gasteiger partial charge in [0.15, 0.2) is 4.34 Å². The van der Waals surface area contributed by atoms with Gasteiger partial charge >= 0.3 is 24.2 Å². The van der Waals surface area contributed by atoms with Gasteiger partial charge in [-0.15, -0.1) is 11.3 Å². The lowest BCUT2D eigenvalue weighted by Gasteiger charge is -2.30. The second-order valence-corrected chi connectivity index (χ2v) is 9.83. The summed E-state index contributed by atoms with van der Waals surface area (Å²) in [5.41, 5.74) is -7.68. The van der Waals surface area contributed by atoms with Crippen LogP contribution >= 0.6 is 23.1 Å². The smallest absolute Gasteiger partial charge is 0.423 e. The molecule has 0 aliphatic heterocycles. The van der Waals surface area contributed by atoms with Crippen LogP contribution in [0.4, 0.5) is 39.5 Å². The van der Waals surface area contributed by atoms with E-state index in [1.165, 1.54) is 36.4 Å². The maximum atomic E-state index is 13.5. The fourth-order valence-corrected chi connectivity index (χ4v) is 5.52. The first-order valence-electron chi connectivity index (χ1n) is 9.77. The van der Waals surface area contributed by atoms with Crippen LogP contribution in [0.2, 0.25) is 0 Å². The molecule has 0 aliphatic carbocycles. The number of alkyl halides is 9. The maximum Gasteiger partial charge on any atom is 0.431 e. The van der Waals surface area contributed by atoms with Crippen molar-refractivity contribution in [3.63, 3.8) is 0 Å². The van der Waals surface area contributed by atoms with Crippen molar-refractivity contribution in [2.75, 3.05) is 0 Å². The Kier molecular flexibility index (Phi) is 6.61. The minimum atomic E-state index is -6.07. The van der Waals surface area contributed by atoms with Gasteiger partial charge in [-0.2, -0.15) is 39.5 Å². The minimum absolute atomic E-state index is 0.0538. The van der Waals surface area contributed by atoms with E-state index in [1.54, 1.807) is 0 Å². The second-order valence-electron chi connectivity index (χ2n) is 7.48. The van der Waals surface area contributed by atoms with Gasteiger partial charge in [-0.3, -0.25) is 0 Å². The maximum absolute atomic E-state index is 13.5. The SMILES string of the molecule is O=c1cc(-c2ccccc2C(F)(F)F)c2ccc(Sc3ncc(C(O)(C(F)(F)F)C(F)(F)F)s3)cc2o1. The largest absolute Gasteiger partial charge is 0.431 e. The molecule has 37 heavy (non-hydrogen) atoms. The van der Waals surface area contributed by atoms with E-state index in [-0.39, 0.29) is 48.9 Å². The molecule has 2 heterocycles. The number of hydrogen-bond acceptors (Lipinski definition) is 6. The van der Waals surface area contributed by atoms with E-state index < -0.39 is 40.2 Å². The fourth-order valence-electron chi connectivity index (χ4n) is 3.41. The van der Waals surface area contributed by atoms with Crippen LogP contribution in [-0.4, -0.2) is 22.4 Å². The number of benzene rings is 2. The van der Waals surface area contributed by atoms with Crippen molar-refractivity contribution in [3.8, 4) is 11.1 Å². The third-order valence-electron chi connectivity index (χ3n) is 5.11. The lowest BCUT2D eigenvalue weighted by Crippen LogP contribution is -2.53. The average Bonchev–Trinajstić information content (AvgIpc) is 3.24. The monoisotopic (exact) mass is 571 g/mol. The molecule has 0 saturated heterocycles. The topological polar surface area (TPSA) is 63.3 Å². The molecule has 1 N–H and O–H groups in total. The van der Waals surface area contributed by atoms with Crippen LogP contribution in [0.25, 0.3) is 22.1 Å². The minimum Gasteiger partial charge on any atom is -0.423 e. The molecular formula is C22H10F9NO3S2. The molecule has 4 aromatic rings. The third kappa shape index (κ3) is 4.94. The van der Waals surface area contributed by atoms with Crippen LogP contribution < -0.4 is 5.63 Å². The van der Waals surface area contributed by atoms with Gasteiger partial charge < -0.3 is 9.52 Å². The Morgan fingerprint density at radius 2 is 1.51 bits per heavy atom. The summed E-state index contributed by atoms with van der Waals surface area (Å²) in [5.74, 6) is 0. The third-order valence-corrected chi connectivity index (χ3v) is 7.28. The van der Waals surface area contributed by atoms with Crippen LogP contribution in [0.15, 0.2) is 73.2 Å². The first kappa shape index (κ1) is 27.0.